The molecular formula is C8H5N2O2-. The summed E-state index contributed by atoms with van der Waals surface area (Å²) in [5.74, 6) is 0.264. The van der Waals surface area contributed by atoms with Crippen molar-refractivity contribution < 1.29 is 9.52 Å². The minimum atomic E-state index is -0.658. The van der Waals surface area contributed by atoms with Crippen LogP contribution in [0.25, 0.3) is 11.5 Å². The Morgan fingerprint density at radius 2 is 1.83 bits per heavy atom. The Hall–Kier alpha value is -1.84. The summed E-state index contributed by atoms with van der Waals surface area (Å²) in [4.78, 5) is 0. The molecule has 60 valence electrons. The minimum Gasteiger partial charge on any atom is -0.548 e. The lowest BCUT2D eigenvalue weighted by atomic mass is 10.2. The van der Waals surface area contributed by atoms with Crippen LogP contribution in [0.3, 0.4) is 0 Å². The molecule has 0 N–H and O–H groups in total. The number of nitrogens with zero attached hydrogens (tertiary/aromatic N) is 2. The molecule has 0 bridgehead atoms. The quantitative estimate of drug-likeness (QED) is 0.620. The minimum absolute atomic E-state index is 0.264. The highest BCUT2D eigenvalue weighted by molar-refractivity contribution is 5.51. The van der Waals surface area contributed by atoms with Gasteiger partial charge in [0.1, 0.15) is 5.89 Å². The third-order valence-electron chi connectivity index (χ3n) is 1.43. The first-order valence-electron chi connectivity index (χ1n) is 3.42. The van der Waals surface area contributed by atoms with E-state index in [0.29, 0.717) is 0 Å². The molecule has 0 radical (unpaired) electrons. The van der Waals surface area contributed by atoms with Gasteiger partial charge in [-0.25, -0.2) is 0 Å². The van der Waals surface area contributed by atoms with Gasteiger partial charge in [-0.1, -0.05) is 30.3 Å². The van der Waals surface area contributed by atoms with Gasteiger partial charge in [0.25, 0.3) is 0 Å². The second-order valence-corrected chi connectivity index (χ2v) is 2.24. The average Bonchev–Trinajstić information content (AvgIpc) is 2.54. The molecular weight excluding hydrogens is 156 g/mol. The van der Waals surface area contributed by atoms with Gasteiger partial charge in [-0.15, -0.1) is 10.2 Å². The van der Waals surface area contributed by atoms with Crippen molar-refractivity contribution in [2.75, 3.05) is 0 Å². The Kier molecular flexibility index (Phi) is 1.51. The van der Waals surface area contributed by atoms with E-state index < -0.39 is 6.08 Å². The smallest absolute Gasteiger partial charge is 0.180 e. The van der Waals surface area contributed by atoms with Gasteiger partial charge in [-0.2, -0.15) is 0 Å². The monoisotopic (exact) mass is 161 g/mol. The second kappa shape index (κ2) is 2.65. The highest BCUT2D eigenvalue weighted by Gasteiger charge is 1.96. The topological polar surface area (TPSA) is 62.0 Å². The van der Waals surface area contributed by atoms with Crippen molar-refractivity contribution >= 4 is 0 Å². The number of aromatic nitrogens is 2. The summed E-state index contributed by atoms with van der Waals surface area (Å²) in [6, 6.07) is 9.14. The maximum absolute atomic E-state index is 10.5. The van der Waals surface area contributed by atoms with E-state index >= 15 is 0 Å². The Balaban J connectivity index is 2.45. The Morgan fingerprint density at radius 1 is 1.08 bits per heavy atom. The summed E-state index contributed by atoms with van der Waals surface area (Å²) in [7, 11) is 0. The van der Waals surface area contributed by atoms with Crippen LogP contribution in [-0.4, -0.2) is 10.2 Å². The summed E-state index contributed by atoms with van der Waals surface area (Å²) in [5, 5.41) is 17.3. The van der Waals surface area contributed by atoms with Crippen LogP contribution in [0.15, 0.2) is 34.7 Å². The Bertz CT molecular complexity index is 370. The molecule has 0 unspecified atom stereocenters. The first-order valence-corrected chi connectivity index (χ1v) is 3.42. The lowest BCUT2D eigenvalue weighted by molar-refractivity contribution is -0.300. The predicted molar refractivity (Wildman–Crippen MR) is 39.2 cm³/mol. The molecule has 0 saturated heterocycles. The van der Waals surface area contributed by atoms with Crippen LogP contribution in [0.1, 0.15) is 0 Å². The highest BCUT2D eigenvalue weighted by Crippen LogP contribution is 2.17. The van der Waals surface area contributed by atoms with Crippen LogP contribution in [-0.2, 0) is 0 Å². The van der Waals surface area contributed by atoms with Gasteiger partial charge in [-0.05, 0) is 0 Å². The maximum Gasteiger partial charge on any atom is 0.180 e. The van der Waals surface area contributed by atoms with Gasteiger partial charge in [0.05, 0.1) is 0 Å². The van der Waals surface area contributed by atoms with E-state index in [9.17, 15) is 5.11 Å². The fourth-order valence-corrected chi connectivity index (χ4v) is 0.907. The van der Waals surface area contributed by atoms with E-state index in [-0.39, 0.29) is 5.89 Å². The van der Waals surface area contributed by atoms with Crippen molar-refractivity contribution in [3.63, 3.8) is 0 Å². The van der Waals surface area contributed by atoms with Gasteiger partial charge in [-0.3, -0.25) is 0 Å². The predicted octanol–water partition coefficient (Wildman–Crippen LogP) is 0.810. The van der Waals surface area contributed by atoms with Crippen molar-refractivity contribution in [2.24, 2.45) is 0 Å². The molecule has 0 saturated carbocycles. The molecule has 2 aromatic rings. The largest absolute Gasteiger partial charge is 0.548 e. The lowest BCUT2D eigenvalue weighted by Crippen LogP contribution is -1.86. The molecule has 0 aliphatic heterocycles. The molecule has 12 heavy (non-hydrogen) atoms. The van der Waals surface area contributed by atoms with Gasteiger partial charge < -0.3 is 9.52 Å². The SMILES string of the molecule is [O-]c1nnc(-c2ccccc2)o1. The standard InChI is InChI=1S/C8H6N2O2/c11-8-10-9-7(12-8)6-4-2-1-3-5-6/h1-5H,(H,10,11)/p-1. The summed E-state index contributed by atoms with van der Waals surface area (Å²) in [5.41, 5.74) is 0.757. The van der Waals surface area contributed by atoms with Crippen LogP contribution >= 0.6 is 0 Å². The zero-order valence-electron chi connectivity index (χ0n) is 6.10. The molecule has 4 nitrogen and oxygen atoms in total. The summed E-state index contributed by atoms with van der Waals surface area (Å²) in [6.45, 7) is 0. The maximum atomic E-state index is 10.5. The lowest BCUT2D eigenvalue weighted by Gasteiger charge is -1.96. The molecule has 1 aromatic heterocycles. The first kappa shape index (κ1) is 6.84. The summed E-state index contributed by atoms with van der Waals surface area (Å²) in [6.07, 6.45) is -0.658. The van der Waals surface area contributed by atoms with E-state index in [0.717, 1.165) is 5.56 Å². The van der Waals surface area contributed by atoms with Crippen LogP contribution in [0.5, 0.6) is 6.08 Å². The van der Waals surface area contributed by atoms with Crippen molar-refractivity contribution in [1.29, 1.82) is 0 Å². The Morgan fingerprint density at radius 3 is 2.42 bits per heavy atom. The third-order valence-corrected chi connectivity index (χ3v) is 1.43. The normalized spacial score (nSPS) is 10.0. The number of hydrogen-bond donors (Lipinski definition) is 0. The summed E-state index contributed by atoms with van der Waals surface area (Å²) >= 11 is 0. The van der Waals surface area contributed by atoms with E-state index in [2.05, 4.69) is 10.2 Å². The van der Waals surface area contributed by atoms with Crippen molar-refractivity contribution in [3.05, 3.63) is 30.3 Å². The molecule has 4 heteroatoms. The third kappa shape index (κ3) is 1.14. The molecule has 0 fully saturated rings. The molecule has 0 amide bonds. The van der Waals surface area contributed by atoms with Gasteiger partial charge in [0, 0.05) is 5.56 Å². The summed E-state index contributed by atoms with van der Waals surface area (Å²) < 4.78 is 4.69. The fourth-order valence-electron chi connectivity index (χ4n) is 0.907. The van der Waals surface area contributed by atoms with Crippen LogP contribution in [0.2, 0.25) is 0 Å². The van der Waals surface area contributed by atoms with Gasteiger partial charge in [0.15, 0.2) is 6.08 Å². The molecule has 1 heterocycles. The van der Waals surface area contributed by atoms with Crippen LogP contribution in [0, 0.1) is 0 Å². The molecule has 2 rings (SSSR count). The van der Waals surface area contributed by atoms with Crippen molar-refractivity contribution in [1.82, 2.24) is 10.2 Å². The molecule has 0 spiro atoms. The van der Waals surface area contributed by atoms with E-state index in [1.807, 2.05) is 18.2 Å². The zero-order chi connectivity index (χ0) is 8.39. The van der Waals surface area contributed by atoms with E-state index in [1.165, 1.54) is 0 Å². The molecule has 0 aliphatic rings. The van der Waals surface area contributed by atoms with Crippen LogP contribution in [0.4, 0.5) is 0 Å². The molecule has 1 aromatic carbocycles. The number of benzene rings is 1. The van der Waals surface area contributed by atoms with Crippen LogP contribution < -0.4 is 5.11 Å². The number of rotatable bonds is 1. The Labute approximate surface area is 68.5 Å². The molecule has 0 aliphatic carbocycles. The molecule has 0 atom stereocenters. The van der Waals surface area contributed by atoms with Crippen molar-refractivity contribution in [3.8, 4) is 17.5 Å². The van der Waals surface area contributed by atoms with E-state index in [1.54, 1.807) is 12.1 Å². The van der Waals surface area contributed by atoms with Gasteiger partial charge >= 0.3 is 0 Å². The van der Waals surface area contributed by atoms with E-state index in [4.69, 9.17) is 4.42 Å². The van der Waals surface area contributed by atoms with Crippen molar-refractivity contribution in [2.45, 2.75) is 0 Å². The average molecular weight is 161 g/mol. The first-order chi connectivity index (χ1) is 5.86. The number of hydrogen-bond acceptors (Lipinski definition) is 4. The zero-order valence-corrected chi connectivity index (χ0v) is 6.10. The second-order valence-electron chi connectivity index (χ2n) is 2.24. The highest BCUT2D eigenvalue weighted by atomic mass is 16.5. The fraction of sp³-hybridized carbons (Fsp3) is 0. The van der Waals surface area contributed by atoms with Gasteiger partial charge in [0.2, 0.25) is 0 Å².